The molecule has 0 spiro atoms. The summed E-state index contributed by atoms with van der Waals surface area (Å²) in [6.45, 7) is 3.79. The molecular formula is C22H24N2O4S2. The third-order valence-corrected chi connectivity index (χ3v) is 7.56. The zero-order valence-corrected chi connectivity index (χ0v) is 18.5. The van der Waals surface area contributed by atoms with Crippen molar-refractivity contribution < 1.29 is 14.2 Å². The van der Waals surface area contributed by atoms with Gasteiger partial charge in [-0.3, -0.25) is 9.36 Å². The minimum Gasteiger partial charge on any atom is -0.494 e. The Morgan fingerprint density at radius 3 is 2.73 bits per heavy atom. The number of hydrogen-bond donors (Lipinski definition) is 0. The summed E-state index contributed by atoms with van der Waals surface area (Å²) in [6.07, 6.45) is 4.07. The quantitative estimate of drug-likeness (QED) is 0.420. The number of benzene rings is 1. The summed E-state index contributed by atoms with van der Waals surface area (Å²) in [5.74, 6) is 1.39. The molecule has 30 heavy (non-hydrogen) atoms. The first kappa shape index (κ1) is 20.1. The number of rotatable bonds is 6. The Balaban J connectivity index is 1.61. The van der Waals surface area contributed by atoms with Gasteiger partial charge >= 0.3 is 0 Å². The second kappa shape index (κ2) is 8.70. The van der Waals surface area contributed by atoms with E-state index in [0.29, 0.717) is 30.7 Å². The molecule has 0 atom stereocenters. The lowest BCUT2D eigenvalue weighted by molar-refractivity contribution is -0.0215. The van der Waals surface area contributed by atoms with E-state index in [1.807, 2.05) is 31.2 Å². The van der Waals surface area contributed by atoms with Crippen molar-refractivity contribution >= 4 is 33.3 Å². The van der Waals surface area contributed by atoms with Gasteiger partial charge < -0.3 is 14.2 Å². The van der Waals surface area contributed by atoms with Gasteiger partial charge in [0.15, 0.2) is 11.4 Å². The summed E-state index contributed by atoms with van der Waals surface area (Å²) < 4.78 is 18.4. The van der Waals surface area contributed by atoms with Crippen molar-refractivity contribution in [1.29, 1.82) is 0 Å². The molecular weight excluding hydrogens is 420 g/mol. The van der Waals surface area contributed by atoms with Gasteiger partial charge in [0.25, 0.3) is 5.56 Å². The van der Waals surface area contributed by atoms with Crippen LogP contribution in [0, 0.1) is 0 Å². The zero-order valence-electron chi connectivity index (χ0n) is 16.9. The number of thioether (sulfide) groups is 1. The van der Waals surface area contributed by atoms with E-state index in [1.165, 1.54) is 28.6 Å². The van der Waals surface area contributed by atoms with E-state index in [1.54, 1.807) is 15.9 Å². The van der Waals surface area contributed by atoms with Crippen molar-refractivity contribution in [3.63, 3.8) is 0 Å². The smallest absolute Gasteiger partial charge is 0.267 e. The summed E-state index contributed by atoms with van der Waals surface area (Å²) in [7, 11) is 0. The van der Waals surface area contributed by atoms with Crippen LogP contribution in [-0.2, 0) is 22.3 Å². The van der Waals surface area contributed by atoms with Crippen LogP contribution in [0.15, 0.2) is 34.2 Å². The van der Waals surface area contributed by atoms with Crippen molar-refractivity contribution in [2.75, 3.05) is 25.6 Å². The molecule has 0 unspecified atom stereocenters. The zero-order chi connectivity index (χ0) is 20.5. The van der Waals surface area contributed by atoms with Crippen LogP contribution >= 0.6 is 23.1 Å². The number of aryl methyl sites for hydroxylation is 2. The molecule has 6 nitrogen and oxygen atoms in total. The molecule has 0 N–H and O–H groups in total. The van der Waals surface area contributed by atoms with Crippen LogP contribution in [0.2, 0.25) is 0 Å². The largest absolute Gasteiger partial charge is 0.494 e. The molecule has 1 fully saturated rings. The SMILES string of the molecule is CCOc1ccc(-n2c(SCC3OCCO3)nc3sc4c(c3c2=O)CCCC4)cc1. The Hall–Kier alpha value is -1.87. The molecule has 5 rings (SSSR count). The third-order valence-electron chi connectivity index (χ3n) is 5.40. The van der Waals surface area contributed by atoms with Crippen LogP contribution in [0.5, 0.6) is 5.75 Å². The Bertz CT molecular complexity index is 1100. The fourth-order valence-electron chi connectivity index (χ4n) is 4.01. The monoisotopic (exact) mass is 444 g/mol. The Kier molecular flexibility index (Phi) is 5.82. The molecule has 1 aromatic carbocycles. The van der Waals surface area contributed by atoms with Crippen molar-refractivity contribution in [2.45, 2.75) is 44.1 Å². The number of hydrogen-bond acceptors (Lipinski definition) is 7. The second-order valence-electron chi connectivity index (χ2n) is 7.34. The van der Waals surface area contributed by atoms with Crippen LogP contribution in [0.25, 0.3) is 15.9 Å². The Morgan fingerprint density at radius 2 is 1.97 bits per heavy atom. The third kappa shape index (κ3) is 3.77. The summed E-state index contributed by atoms with van der Waals surface area (Å²) in [5, 5.41) is 1.47. The lowest BCUT2D eigenvalue weighted by Gasteiger charge is -2.15. The minimum absolute atomic E-state index is 0.0133. The molecule has 3 heterocycles. The van der Waals surface area contributed by atoms with Gasteiger partial charge in [0.2, 0.25) is 0 Å². The van der Waals surface area contributed by atoms with Crippen molar-refractivity contribution in [3.05, 3.63) is 45.1 Å². The molecule has 8 heteroatoms. The number of nitrogens with zero attached hydrogens (tertiary/aromatic N) is 2. The van der Waals surface area contributed by atoms with Gasteiger partial charge in [0.1, 0.15) is 10.6 Å². The Morgan fingerprint density at radius 1 is 1.20 bits per heavy atom. The normalized spacial score (nSPS) is 16.8. The van der Waals surface area contributed by atoms with Gasteiger partial charge in [-0.1, -0.05) is 11.8 Å². The summed E-state index contributed by atoms with van der Waals surface area (Å²) in [5.41, 5.74) is 2.01. The van der Waals surface area contributed by atoms with E-state index in [9.17, 15) is 4.79 Å². The predicted octanol–water partition coefficient (Wildman–Crippen LogP) is 4.19. The lowest BCUT2D eigenvalue weighted by Crippen LogP contribution is -2.23. The van der Waals surface area contributed by atoms with E-state index in [0.717, 1.165) is 40.9 Å². The number of thiophene rings is 1. The topological polar surface area (TPSA) is 62.6 Å². The maximum absolute atomic E-state index is 13.7. The maximum Gasteiger partial charge on any atom is 0.267 e. The highest BCUT2D eigenvalue weighted by Gasteiger charge is 2.24. The first-order chi connectivity index (χ1) is 14.7. The molecule has 2 aliphatic rings. The van der Waals surface area contributed by atoms with Crippen molar-refractivity contribution in [3.8, 4) is 11.4 Å². The van der Waals surface area contributed by atoms with E-state index < -0.39 is 0 Å². The van der Waals surface area contributed by atoms with Gasteiger partial charge in [-0.15, -0.1) is 11.3 Å². The number of ether oxygens (including phenoxy) is 3. The van der Waals surface area contributed by atoms with Crippen LogP contribution in [0.4, 0.5) is 0 Å². The van der Waals surface area contributed by atoms with Crippen LogP contribution in [-0.4, -0.2) is 41.4 Å². The standard InChI is InChI=1S/C22H24N2O4S2/c1-2-26-15-9-7-14(8-10-15)24-21(25)19-16-5-3-4-6-17(16)30-20(19)23-22(24)29-13-18-27-11-12-28-18/h7-10,18H,2-6,11-13H2,1H3. The first-order valence-electron chi connectivity index (χ1n) is 10.4. The molecule has 0 radical (unpaired) electrons. The average Bonchev–Trinajstić information content (AvgIpc) is 3.41. The molecule has 1 aliphatic heterocycles. The molecule has 158 valence electrons. The number of aromatic nitrogens is 2. The van der Waals surface area contributed by atoms with Gasteiger partial charge in [-0.2, -0.15) is 0 Å². The first-order valence-corrected chi connectivity index (χ1v) is 12.2. The average molecular weight is 445 g/mol. The molecule has 3 aromatic rings. The van der Waals surface area contributed by atoms with E-state index >= 15 is 0 Å². The summed E-state index contributed by atoms with van der Waals surface area (Å²) in [4.78, 5) is 20.8. The Labute approximate surface area is 183 Å². The van der Waals surface area contributed by atoms with Crippen LogP contribution in [0.1, 0.15) is 30.2 Å². The highest BCUT2D eigenvalue weighted by atomic mass is 32.2. The molecule has 0 bridgehead atoms. The molecule has 1 aliphatic carbocycles. The minimum atomic E-state index is -0.257. The molecule has 0 saturated carbocycles. The van der Waals surface area contributed by atoms with Gasteiger partial charge in [0.05, 0.1) is 36.6 Å². The van der Waals surface area contributed by atoms with Crippen molar-refractivity contribution in [1.82, 2.24) is 9.55 Å². The van der Waals surface area contributed by atoms with Gasteiger partial charge in [-0.25, -0.2) is 4.98 Å². The molecule has 0 amide bonds. The van der Waals surface area contributed by atoms with Crippen molar-refractivity contribution in [2.24, 2.45) is 0 Å². The fraction of sp³-hybridized carbons (Fsp3) is 0.455. The van der Waals surface area contributed by atoms with E-state index in [-0.39, 0.29) is 11.8 Å². The summed E-state index contributed by atoms with van der Waals surface area (Å²) >= 11 is 3.18. The molecule has 1 saturated heterocycles. The highest BCUT2D eigenvalue weighted by molar-refractivity contribution is 7.99. The lowest BCUT2D eigenvalue weighted by atomic mass is 9.97. The van der Waals surface area contributed by atoms with Gasteiger partial charge in [-0.05, 0) is 62.4 Å². The van der Waals surface area contributed by atoms with E-state index in [2.05, 4.69) is 0 Å². The maximum atomic E-state index is 13.7. The fourth-order valence-corrected chi connectivity index (χ4v) is 6.28. The summed E-state index contributed by atoms with van der Waals surface area (Å²) in [6, 6.07) is 7.64. The van der Waals surface area contributed by atoms with Crippen LogP contribution in [0.3, 0.4) is 0 Å². The highest BCUT2D eigenvalue weighted by Crippen LogP contribution is 2.35. The molecule has 2 aromatic heterocycles. The second-order valence-corrected chi connectivity index (χ2v) is 9.41. The van der Waals surface area contributed by atoms with Gasteiger partial charge in [0, 0.05) is 4.88 Å². The van der Waals surface area contributed by atoms with E-state index in [4.69, 9.17) is 19.2 Å². The predicted molar refractivity (Wildman–Crippen MR) is 119 cm³/mol. The number of fused-ring (bicyclic) bond motifs is 3. The van der Waals surface area contributed by atoms with Crippen LogP contribution < -0.4 is 10.3 Å².